The van der Waals surface area contributed by atoms with E-state index in [9.17, 15) is 14.9 Å². The van der Waals surface area contributed by atoms with E-state index in [-0.39, 0.29) is 23.1 Å². The number of hydrogen-bond acceptors (Lipinski definition) is 4. The lowest BCUT2D eigenvalue weighted by molar-refractivity contribution is -0.385. The summed E-state index contributed by atoms with van der Waals surface area (Å²) in [5.74, 6) is -0.419. The average Bonchev–Trinajstić information content (AvgIpc) is 2.90. The smallest absolute Gasteiger partial charge is 0.322 e. The van der Waals surface area contributed by atoms with Crippen molar-refractivity contribution < 1.29 is 9.72 Å². The van der Waals surface area contributed by atoms with E-state index in [1.54, 1.807) is 0 Å². The van der Waals surface area contributed by atoms with Gasteiger partial charge in [-0.3, -0.25) is 19.6 Å². The summed E-state index contributed by atoms with van der Waals surface area (Å²) in [5.41, 5.74) is 0.0727. The van der Waals surface area contributed by atoms with Gasteiger partial charge in [0, 0.05) is 13.1 Å². The fraction of sp³-hybridized carbons (Fsp3) is 0.556. The van der Waals surface area contributed by atoms with Crippen molar-refractivity contribution in [2.45, 2.75) is 25.8 Å². The summed E-state index contributed by atoms with van der Waals surface area (Å²) in [6, 6.07) is 0.169. The molecule has 1 aromatic heterocycles. The Morgan fingerprint density at radius 3 is 2.75 bits per heavy atom. The van der Waals surface area contributed by atoms with Crippen LogP contribution in [0.15, 0.2) is 0 Å². The first kappa shape index (κ1) is 10.6. The highest BCUT2D eigenvalue weighted by Gasteiger charge is 2.32. The van der Waals surface area contributed by atoms with Gasteiger partial charge >= 0.3 is 5.69 Å². The Balaban J connectivity index is 2.36. The second-order valence-corrected chi connectivity index (χ2v) is 3.91. The lowest BCUT2D eigenvalue weighted by atomic mass is 10.3. The van der Waals surface area contributed by atoms with Gasteiger partial charge in [0.05, 0.1) is 4.92 Å². The molecule has 86 valence electrons. The molecule has 1 aromatic rings. The molecule has 1 aliphatic carbocycles. The first-order chi connectivity index (χ1) is 7.50. The summed E-state index contributed by atoms with van der Waals surface area (Å²) >= 11 is 0. The van der Waals surface area contributed by atoms with E-state index >= 15 is 0 Å². The molecule has 0 spiro atoms. The zero-order valence-corrected chi connectivity index (χ0v) is 9.06. The highest BCUT2D eigenvalue weighted by molar-refractivity contribution is 5.97. The molecule has 0 saturated heterocycles. The van der Waals surface area contributed by atoms with E-state index in [1.165, 1.54) is 18.7 Å². The normalized spacial score (nSPS) is 14.9. The van der Waals surface area contributed by atoms with Crippen molar-refractivity contribution in [2.24, 2.45) is 7.05 Å². The number of nitrogens with one attached hydrogen (secondary N) is 1. The van der Waals surface area contributed by atoms with Gasteiger partial charge in [-0.05, 0) is 19.8 Å². The van der Waals surface area contributed by atoms with Crippen LogP contribution in [0.3, 0.4) is 0 Å². The number of nitro groups is 1. The number of carbonyl (C=O) groups excluding carboxylic acids is 1. The lowest BCUT2D eigenvalue weighted by Crippen LogP contribution is -2.28. The molecule has 0 aromatic carbocycles. The van der Waals surface area contributed by atoms with Gasteiger partial charge in [0.15, 0.2) is 0 Å². The van der Waals surface area contributed by atoms with Crippen LogP contribution in [0.1, 0.15) is 29.0 Å². The van der Waals surface area contributed by atoms with Crippen LogP contribution in [0, 0.1) is 17.0 Å². The Morgan fingerprint density at radius 1 is 1.62 bits per heavy atom. The molecule has 1 amide bonds. The summed E-state index contributed by atoms with van der Waals surface area (Å²) in [4.78, 5) is 22.0. The van der Waals surface area contributed by atoms with Crippen LogP contribution < -0.4 is 5.32 Å². The zero-order chi connectivity index (χ0) is 11.9. The minimum absolute atomic E-state index is 0.0226. The van der Waals surface area contributed by atoms with Crippen molar-refractivity contribution in [2.75, 3.05) is 0 Å². The van der Waals surface area contributed by atoms with E-state index in [0.29, 0.717) is 0 Å². The fourth-order valence-electron chi connectivity index (χ4n) is 1.60. The predicted molar refractivity (Wildman–Crippen MR) is 55.1 cm³/mol. The molecule has 7 nitrogen and oxygen atoms in total. The van der Waals surface area contributed by atoms with E-state index in [1.807, 2.05) is 0 Å². The molecule has 1 N–H and O–H groups in total. The summed E-state index contributed by atoms with van der Waals surface area (Å²) in [5, 5.41) is 17.4. The molecular formula is C9H12N4O3. The third-order valence-electron chi connectivity index (χ3n) is 2.50. The van der Waals surface area contributed by atoms with Crippen molar-refractivity contribution in [1.29, 1.82) is 0 Å². The Morgan fingerprint density at radius 2 is 2.25 bits per heavy atom. The van der Waals surface area contributed by atoms with Crippen LogP contribution in [0.4, 0.5) is 5.69 Å². The number of rotatable bonds is 3. The first-order valence-corrected chi connectivity index (χ1v) is 4.99. The number of hydrogen-bond donors (Lipinski definition) is 1. The molecule has 1 heterocycles. The highest BCUT2D eigenvalue weighted by Crippen LogP contribution is 2.24. The van der Waals surface area contributed by atoms with Gasteiger partial charge in [0.1, 0.15) is 5.69 Å². The van der Waals surface area contributed by atoms with Crippen molar-refractivity contribution >= 4 is 11.6 Å². The molecule has 0 atom stereocenters. The third-order valence-corrected chi connectivity index (χ3v) is 2.50. The van der Waals surface area contributed by atoms with E-state index in [2.05, 4.69) is 10.4 Å². The minimum Gasteiger partial charge on any atom is -0.348 e. The molecule has 0 bridgehead atoms. The molecule has 16 heavy (non-hydrogen) atoms. The number of amides is 1. The minimum atomic E-state index is -0.565. The quantitative estimate of drug-likeness (QED) is 0.599. The summed E-state index contributed by atoms with van der Waals surface area (Å²) in [6.07, 6.45) is 1.88. The Labute approximate surface area is 91.6 Å². The lowest BCUT2D eigenvalue weighted by Gasteiger charge is -2.02. The van der Waals surface area contributed by atoms with Crippen LogP contribution in [0.2, 0.25) is 0 Å². The standard InChI is InChI=1S/C9H12N4O3/c1-5-7(13(15)16)8(12(2)11-5)9(14)10-6-3-4-6/h6H,3-4H2,1-2H3,(H,10,14). The van der Waals surface area contributed by atoms with Crippen LogP contribution in [-0.2, 0) is 7.05 Å². The van der Waals surface area contributed by atoms with Gasteiger partial charge in [0.2, 0.25) is 5.69 Å². The Bertz CT molecular complexity index is 462. The molecule has 0 unspecified atom stereocenters. The number of aromatic nitrogens is 2. The molecule has 7 heteroatoms. The van der Waals surface area contributed by atoms with Crippen molar-refractivity contribution in [3.05, 3.63) is 21.5 Å². The maximum absolute atomic E-state index is 11.8. The molecule has 1 aliphatic rings. The molecule has 1 saturated carbocycles. The van der Waals surface area contributed by atoms with Gasteiger partial charge in [-0.25, -0.2) is 0 Å². The SMILES string of the molecule is Cc1nn(C)c(C(=O)NC2CC2)c1[N+](=O)[O-]. The monoisotopic (exact) mass is 224 g/mol. The molecule has 0 aliphatic heterocycles. The van der Waals surface area contributed by atoms with E-state index in [0.717, 1.165) is 12.8 Å². The fourth-order valence-corrected chi connectivity index (χ4v) is 1.60. The average molecular weight is 224 g/mol. The van der Waals surface area contributed by atoms with Crippen LogP contribution in [0.5, 0.6) is 0 Å². The second kappa shape index (κ2) is 3.58. The molecule has 1 fully saturated rings. The van der Waals surface area contributed by atoms with Gasteiger partial charge in [-0.1, -0.05) is 0 Å². The van der Waals surface area contributed by atoms with Crippen molar-refractivity contribution in [3.8, 4) is 0 Å². The van der Waals surface area contributed by atoms with E-state index < -0.39 is 10.8 Å². The molecule has 0 radical (unpaired) electrons. The van der Waals surface area contributed by atoms with Crippen LogP contribution >= 0.6 is 0 Å². The Hall–Kier alpha value is -1.92. The van der Waals surface area contributed by atoms with Crippen molar-refractivity contribution in [1.82, 2.24) is 15.1 Å². The summed E-state index contributed by atoms with van der Waals surface area (Å²) < 4.78 is 1.26. The topological polar surface area (TPSA) is 90.1 Å². The van der Waals surface area contributed by atoms with Crippen LogP contribution in [0.25, 0.3) is 0 Å². The summed E-state index contributed by atoms with van der Waals surface area (Å²) in [7, 11) is 1.53. The zero-order valence-electron chi connectivity index (χ0n) is 9.06. The molecular weight excluding hydrogens is 212 g/mol. The van der Waals surface area contributed by atoms with Gasteiger partial charge in [-0.2, -0.15) is 5.10 Å². The van der Waals surface area contributed by atoms with Crippen molar-refractivity contribution in [3.63, 3.8) is 0 Å². The third kappa shape index (κ3) is 1.75. The highest BCUT2D eigenvalue weighted by atomic mass is 16.6. The number of aryl methyl sites for hydroxylation is 2. The second-order valence-electron chi connectivity index (χ2n) is 3.91. The maximum Gasteiger partial charge on any atom is 0.322 e. The largest absolute Gasteiger partial charge is 0.348 e. The van der Waals surface area contributed by atoms with Gasteiger partial charge in [0.25, 0.3) is 5.91 Å². The maximum atomic E-state index is 11.8. The molecule has 2 rings (SSSR count). The number of carbonyl (C=O) groups is 1. The predicted octanol–water partition coefficient (Wildman–Crippen LogP) is 0.529. The summed E-state index contributed by atoms with van der Waals surface area (Å²) in [6.45, 7) is 1.52. The first-order valence-electron chi connectivity index (χ1n) is 4.99. The van der Waals surface area contributed by atoms with Gasteiger partial charge in [-0.15, -0.1) is 0 Å². The van der Waals surface area contributed by atoms with E-state index in [4.69, 9.17) is 0 Å². The van der Waals surface area contributed by atoms with Crippen LogP contribution in [-0.4, -0.2) is 26.7 Å². The van der Waals surface area contributed by atoms with Gasteiger partial charge < -0.3 is 5.32 Å². The number of nitrogens with zero attached hydrogens (tertiary/aromatic N) is 3. The Kier molecular flexibility index (Phi) is 2.37.